The molecule has 1 aromatic heterocycles. The lowest BCUT2D eigenvalue weighted by Gasteiger charge is -2.34. The van der Waals surface area contributed by atoms with Gasteiger partial charge in [0.2, 0.25) is 17.7 Å². The largest absolute Gasteiger partial charge is 0.424 e. The highest BCUT2D eigenvalue weighted by molar-refractivity contribution is 5.77. The molecule has 0 aliphatic carbocycles. The molecule has 1 aliphatic heterocycles. The number of aryl methyl sites for hydroxylation is 1. The number of benzene rings is 1. The first-order chi connectivity index (χ1) is 12.4. The number of carbonyl (C=O) groups is 1. The van der Waals surface area contributed by atoms with Crippen molar-refractivity contribution < 1.29 is 13.6 Å². The highest BCUT2D eigenvalue weighted by Gasteiger charge is 2.32. The van der Waals surface area contributed by atoms with Gasteiger partial charge in [-0.1, -0.05) is 26.0 Å². The van der Waals surface area contributed by atoms with Crippen LogP contribution in [0.25, 0.3) is 0 Å². The Labute approximate surface area is 153 Å². The fraction of sp³-hybridized carbons (Fsp3) is 0.526. The Balaban J connectivity index is 1.75. The molecule has 26 heavy (non-hydrogen) atoms. The van der Waals surface area contributed by atoms with Gasteiger partial charge in [0.1, 0.15) is 5.82 Å². The Morgan fingerprint density at radius 2 is 1.96 bits per heavy atom. The topological polar surface area (TPSA) is 62.5 Å². The summed E-state index contributed by atoms with van der Waals surface area (Å²) in [5, 5.41) is 7.93. The predicted molar refractivity (Wildman–Crippen MR) is 94.5 cm³/mol. The van der Waals surface area contributed by atoms with E-state index in [1.165, 1.54) is 12.1 Å². The average Bonchev–Trinajstić information content (AvgIpc) is 2.94. The molecular weight excluding hydrogens is 335 g/mol. The van der Waals surface area contributed by atoms with E-state index in [-0.39, 0.29) is 17.8 Å². The maximum absolute atomic E-state index is 13.2. The van der Waals surface area contributed by atoms with E-state index in [0.717, 1.165) is 12.1 Å². The zero-order valence-corrected chi connectivity index (χ0v) is 15.5. The van der Waals surface area contributed by atoms with Crippen LogP contribution in [-0.4, -0.2) is 45.0 Å². The van der Waals surface area contributed by atoms with Crippen LogP contribution in [-0.2, 0) is 17.9 Å². The average molecular weight is 360 g/mol. The minimum atomic E-state index is -0.266. The third kappa shape index (κ3) is 4.46. The van der Waals surface area contributed by atoms with Crippen LogP contribution in [0.3, 0.4) is 0 Å². The van der Waals surface area contributed by atoms with E-state index in [4.69, 9.17) is 4.42 Å². The first-order valence-electron chi connectivity index (χ1n) is 8.97. The Morgan fingerprint density at radius 1 is 1.23 bits per heavy atom. The third-order valence-electron chi connectivity index (χ3n) is 4.77. The lowest BCUT2D eigenvalue weighted by Crippen LogP contribution is -2.45. The van der Waals surface area contributed by atoms with Crippen molar-refractivity contribution >= 4 is 5.91 Å². The number of amides is 1. The molecule has 1 fully saturated rings. The van der Waals surface area contributed by atoms with Crippen LogP contribution in [0.2, 0.25) is 0 Å². The molecule has 1 aromatic carbocycles. The molecule has 3 rings (SSSR count). The summed E-state index contributed by atoms with van der Waals surface area (Å²) in [4.78, 5) is 16.9. The van der Waals surface area contributed by atoms with Gasteiger partial charge in [-0.05, 0) is 23.6 Å². The van der Waals surface area contributed by atoms with E-state index >= 15 is 0 Å². The highest BCUT2D eigenvalue weighted by Crippen LogP contribution is 2.22. The summed E-state index contributed by atoms with van der Waals surface area (Å²) in [7, 11) is 0. The molecule has 6 nitrogen and oxygen atoms in total. The molecule has 1 saturated heterocycles. The lowest BCUT2D eigenvalue weighted by molar-refractivity contribution is -0.134. The molecule has 0 saturated carbocycles. The van der Waals surface area contributed by atoms with Crippen LogP contribution in [0.15, 0.2) is 28.7 Å². The molecule has 2 heterocycles. The van der Waals surface area contributed by atoms with Gasteiger partial charge in [0.05, 0.1) is 6.54 Å². The van der Waals surface area contributed by atoms with Crippen molar-refractivity contribution in [1.82, 2.24) is 20.0 Å². The van der Waals surface area contributed by atoms with Crippen molar-refractivity contribution in [3.8, 4) is 0 Å². The van der Waals surface area contributed by atoms with Gasteiger partial charge in [-0.15, -0.1) is 10.2 Å². The predicted octanol–water partition coefficient (Wildman–Crippen LogP) is 2.78. The van der Waals surface area contributed by atoms with Crippen molar-refractivity contribution in [3.05, 3.63) is 47.4 Å². The second-order valence-corrected chi connectivity index (χ2v) is 7.16. The summed E-state index contributed by atoms with van der Waals surface area (Å²) in [5.41, 5.74) is 0.936. The minimum Gasteiger partial charge on any atom is -0.424 e. The van der Waals surface area contributed by atoms with E-state index < -0.39 is 0 Å². The van der Waals surface area contributed by atoms with Crippen molar-refractivity contribution in [1.29, 1.82) is 0 Å². The van der Waals surface area contributed by atoms with Crippen molar-refractivity contribution in [2.24, 2.45) is 5.92 Å². The molecule has 0 N–H and O–H groups in total. The van der Waals surface area contributed by atoms with Gasteiger partial charge in [0, 0.05) is 39.0 Å². The van der Waals surface area contributed by atoms with E-state index in [0.29, 0.717) is 43.8 Å². The maximum Gasteiger partial charge on any atom is 0.230 e. The fourth-order valence-corrected chi connectivity index (χ4v) is 3.34. The molecule has 1 unspecified atom stereocenters. The zero-order valence-electron chi connectivity index (χ0n) is 15.5. The van der Waals surface area contributed by atoms with Gasteiger partial charge in [-0.3, -0.25) is 9.69 Å². The fourth-order valence-electron chi connectivity index (χ4n) is 3.34. The maximum atomic E-state index is 13.2. The van der Waals surface area contributed by atoms with Gasteiger partial charge in [0.25, 0.3) is 0 Å². The van der Waals surface area contributed by atoms with Crippen molar-refractivity contribution in [3.63, 3.8) is 0 Å². The summed E-state index contributed by atoms with van der Waals surface area (Å²) in [5.74, 6) is 1.27. The number of nitrogens with zero attached hydrogens (tertiary/aromatic N) is 4. The van der Waals surface area contributed by atoms with E-state index in [1.54, 1.807) is 19.1 Å². The van der Waals surface area contributed by atoms with Crippen LogP contribution in [0.5, 0.6) is 0 Å². The zero-order chi connectivity index (χ0) is 18.7. The van der Waals surface area contributed by atoms with Crippen LogP contribution in [0.1, 0.15) is 37.6 Å². The smallest absolute Gasteiger partial charge is 0.230 e. The Kier molecular flexibility index (Phi) is 5.66. The van der Waals surface area contributed by atoms with E-state index in [1.807, 2.05) is 4.90 Å². The van der Waals surface area contributed by atoms with Crippen LogP contribution in [0, 0.1) is 18.7 Å². The summed E-state index contributed by atoms with van der Waals surface area (Å²) in [6, 6.07) is 6.42. The summed E-state index contributed by atoms with van der Waals surface area (Å²) in [6.45, 7) is 8.45. The SMILES string of the molecule is Cc1nnc(CN2CCC(=O)N(Cc3ccc(F)cc3)C(C(C)C)C2)o1. The second-order valence-electron chi connectivity index (χ2n) is 7.16. The first-order valence-corrected chi connectivity index (χ1v) is 8.97. The van der Waals surface area contributed by atoms with Gasteiger partial charge >= 0.3 is 0 Å². The lowest BCUT2D eigenvalue weighted by atomic mass is 10.0. The standard InChI is InChI=1S/C19H25FN4O2/c1-13(2)17-11-23(12-18-22-21-14(3)26-18)9-8-19(25)24(17)10-15-4-6-16(20)7-5-15/h4-7,13,17H,8-12H2,1-3H3. The van der Waals surface area contributed by atoms with Gasteiger partial charge in [-0.2, -0.15) is 0 Å². The normalized spacial score (nSPS) is 19.2. The van der Waals surface area contributed by atoms with Gasteiger partial charge < -0.3 is 9.32 Å². The number of hydrogen-bond donors (Lipinski definition) is 0. The van der Waals surface area contributed by atoms with Crippen LogP contribution in [0.4, 0.5) is 4.39 Å². The molecule has 1 amide bonds. The number of aromatic nitrogens is 2. The third-order valence-corrected chi connectivity index (χ3v) is 4.77. The van der Waals surface area contributed by atoms with Crippen molar-refractivity contribution in [2.75, 3.05) is 13.1 Å². The molecule has 0 radical (unpaired) electrons. The summed E-state index contributed by atoms with van der Waals surface area (Å²) in [6.07, 6.45) is 0.442. The summed E-state index contributed by atoms with van der Waals surface area (Å²) >= 11 is 0. The summed E-state index contributed by atoms with van der Waals surface area (Å²) < 4.78 is 18.7. The number of carbonyl (C=O) groups excluding carboxylic acids is 1. The quantitative estimate of drug-likeness (QED) is 0.820. The Hall–Kier alpha value is -2.28. The molecule has 1 atom stereocenters. The monoisotopic (exact) mass is 360 g/mol. The minimum absolute atomic E-state index is 0.0686. The van der Waals surface area contributed by atoms with Crippen LogP contribution >= 0.6 is 0 Å². The number of hydrogen-bond acceptors (Lipinski definition) is 5. The second kappa shape index (κ2) is 7.95. The molecule has 0 spiro atoms. The molecule has 140 valence electrons. The molecular formula is C19H25FN4O2. The first kappa shape index (κ1) is 18.5. The highest BCUT2D eigenvalue weighted by atomic mass is 19.1. The molecule has 0 bridgehead atoms. The van der Waals surface area contributed by atoms with Crippen molar-refractivity contribution in [2.45, 2.75) is 46.3 Å². The van der Waals surface area contributed by atoms with E-state index in [9.17, 15) is 9.18 Å². The number of rotatable bonds is 5. The van der Waals surface area contributed by atoms with E-state index in [2.05, 4.69) is 28.9 Å². The molecule has 1 aliphatic rings. The molecule has 7 heteroatoms. The molecule has 2 aromatic rings. The van der Waals surface area contributed by atoms with Crippen LogP contribution < -0.4 is 0 Å². The number of halogens is 1. The Bertz CT molecular complexity index is 744. The van der Waals surface area contributed by atoms with Gasteiger partial charge in [0.15, 0.2) is 0 Å². The van der Waals surface area contributed by atoms with Gasteiger partial charge in [-0.25, -0.2) is 4.39 Å². The Morgan fingerprint density at radius 3 is 2.58 bits per heavy atom.